The molecule has 2 rings (SSSR count). The highest BCUT2D eigenvalue weighted by molar-refractivity contribution is 6.06. The number of unbranched alkanes of at least 4 members (excludes halogenated alkanes) is 3. The Labute approximate surface area is 184 Å². The maximum absolute atomic E-state index is 12.3. The van der Waals surface area contributed by atoms with E-state index in [-0.39, 0.29) is 23.3 Å². The minimum atomic E-state index is -0.598. The molecule has 172 valence electrons. The first kappa shape index (κ1) is 24.5. The molecule has 1 heterocycles. The molecular weight excluding hydrogens is 398 g/mol. The van der Waals surface area contributed by atoms with Crippen LogP contribution in [0.4, 0.5) is 10.5 Å². The fourth-order valence-electron chi connectivity index (χ4n) is 3.35. The van der Waals surface area contributed by atoms with Gasteiger partial charge in [0.25, 0.3) is 5.91 Å². The first-order chi connectivity index (χ1) is 14.6. The van der Waals surface area contributed by atoms with Crippen molar-refractivity contribution < 1.29 is 24.2 Å². The normalized spacial score (nSPS) is 14.3. The van der Waals surface area contributed by atoms with E-state index >= 15 is 0 Å². The second kappa shape index (κ2) is 11.0. The standard InChI is InChI=1S/C23H35N3O5/c1-5-6-7-8-9-20(28)24-21(29)18-11-10-17(16-19(18)27)25-12-14-26(15-13-25)22(30)31-23(2,3)4/h10-11,16,27H,5-9,12-15H2,1-4H3,(H,24,28,29). The first-order valence-corrected chi connectivity index (χ1v) is 11.0. The van der Waals surface area contributed by atoms with Gasteiger partial charge in [0.2, 0.25) is 5.91 Å². The third kappa shape index (κ3) is 7.77. The topological polar surface area (TPSA) is 99.2 Å². The summed E-state index contributed by atoms with van der Waals surface area (Å²) in [4.78, 5) is 40.1. The summed E-state index contributed by atoms with van der Waals surface area (Å²) < 4.78 is 5.40. The zero-order chi connectivity index (χ0) is 23.0. The second-order valence-electron chi connectivity index (χ2n) is 8.84. The predicted molar refractivity (Wildman–Crippen MR) is 119 cm³/mol. The number of imide groups is 1. The van der Waals surface area contributed by atoms with E-state index in [2.05, 4.69) is 12.2 Å². The van der Waals surface area contributed by atoms with Crippen LogP contribution in [0.15, 0.2) is 18.2 Å². The van der Waals surface area contributed by atoms with Crippen LogP contribution in [0, 0.1) is 0 Å². The van der Waals surface area contributed by atoms with Gasteiger partial charge >= 0.3 is 6.09 Å². The summed E-state index contributed by atoms with van der Waals surface area (Å²) in [5, 5.41) is 12.7. The Kier molecular flexibility index (Phi) is 8.71. The highest BCUT2D eigenvalue weighted by Crippen LogP contribution is 2.26. The van der Waals surface area contributed by atoms with Crippen LogP contribution in [-0.4, -0.2) is 59.7 Å². The van der Waals surface area contributed by atoms with E-state index in [0.29, 0.717) is 32.6 Å². The van der Waals surface area contributed by atoms with Gasteiger partial charge in [-0.05, 0) is 39.3 Å². The van der Waals surface area contributed by atoms with Crippen molar-refractivity contribution in [1.29, 1.82) is 0 Å². The fourth-order valence-corrected chi connectivity index (χ4v) is 3.35. The highest BCUT2D eigenvalue weighted by Gasteiger charge is 2.26. The Hall–Kier alpha value is -2.77. The first-order valence-electron chi connectivity index (χ1n) is 11.0. The van der Waals surface area contributed by atoms with Gasteiger partial charge in [-0.3, -0.25) is 14.9 Å². The van der Waals surface area contributed by atoms with E-state index in [1.54, 1.807) is 11.0 Å². The number of nitrogens with zero attached hydrogens (tertiary/aromatic N) is 2. The number of anilines is 1. The van der Waals surface area contributed by atoms with Crippen molar-refractivity contribution in [3.8, 4) is 5.75 Å². The molecule has 31 heavy (non-hydrogen) atoms. The molecule has 0 radical (unpaired) electrons. The number of carbonyl (C=O) groups is 3. The Morgan fingerprint density at radius 3 is 2.32 bits per heavy atom. The summed E-state index contributed by atoms with van der Waals surface area (Å²) >= 11 is 0. The minimum absolute atomic E-state index is 0.0676. The molecule has 0 aromatic heterocycles. The SMILES string of the molecule is CCCCCCC(=O)NC(=O)c1ccc(N2CCN(C(=O)OC(C)(C)C)CC2)cc1O. The molecule has 0 unspecified atom stereocenters. The molecule has 0 bridgehead atoms. The molecule has 0 atom stereocenters. The second-order valence-corrected chi connectivity index (χ2v) is 8.84. The number of phenolic OH excluding ortho intramolecular Hbond substituents is 1. The zero-order valence-electron chi connectivity index (χ0n) is 19.1. The number of aromatic hydroxyl groups is 1. The van der Waals surface area contributed by atoms with E-state index < -0.39 is 11.5 Å². The van der Waals surface area contributed by atoms with Gasteiger partial charge in [-0.2, -0.15) is 0 Å². The van der Waals surface area contributed by atoms with Crippen LogP contribution in [0.25, 0.3) is 0 Å². The monoisotopic (exact) mass is 433 g/mol. The lowest BCUT2D eigenvalue weighted by atomic mass is 10.1. The lowest BCUT2D eigenvalue weighted by molar-refractivity contribution is -0.120. The molecule has 2 N–H and O–H groups in total. The van der Waals surface area contributed by atoms with Crippen LogP contribution >= 0.6 is 0 Å². The average molecular weight is 434 g/mol. The number of amides is 3. The molecule has 0 spiro atoms. The maximum Gasteiger partial charge on any atom is 0.410 e. The average Bonchev–Trinajstić information content (AvgIpc) is 2.70. The Morgan fingerprint density at radius 1 is 1.06 bits per heavy atom. The Bertz CT molecular complexity index is 780. The molecule has 1 aromatic carbocycles. The molecule has 1 fully saturated rings. The number of rotatable bonds is 7. The van der Waals surface area contributed by atoms with Crippen LogP contribution < -0.4 is 10.2 Å². The van der Waals surface area contributed by atoms with E-state index in [4.69, 9.17) is 4.74 Å². The number of nitrogens with one attached hydrogen (secondary N) is 1. The van der Waals surface area contributed by atoms with Gasteiger partial charge in [0, 0.05) is 44.4 Å². The molecular formula is C23H35N3O5. The van der Waals surface area contributed by atoms with Gasteiger partial charge in [-0.25, -0.2) is 4.79 Å². The predicted octanol–water partition coefficient (Wildman–Crippen LogP) is 3.68. The number of ether oxygens (including phenoxy) is 1. The third-order valence-electron chi connectivity index (χ3n) is 5.03. The largest absolute Gasteiger partial charge is 0.507 e. The highest BCUT2D eigenvalue weighted by atomic mass is 16.6. The molecule has 1 saturated heterocycles. The van der Waals surface area contributed by atoms with E-state index in [1.807, 2.05) is 25.7 Å². The molecule has 3 amide bonds. The number of carbonyl (C=O) groups excluding carboxylic acids is 3. The van der Waals surface area contributed by atoms with Gasteiger partial charge in [0.1, 0.15) is 11.4 Å². The van der Waals surface area contributed by atoms with Crippen LogP contribution in [0.2, 0.25) is 0 Å². The van der Waals surface area contributed by atoms with Gasteiger partial charge in [-0.1, -0.05) is 26.2 Å². The van der Waals surface area contributed by atoms with E-state index in [0.717, 1.165) is 31.4 Å². The summed E-state index contributed by atoms with van der Waals surface area (Å²) in [6.07, 6.45) is 3.81. The fraction of sp³-hybridized carbons (Fsp3) is 0.609. The van der Waals surface area contributed by atoms with Gasteiger partial charge < -0.3 is 19.6 Å². The molecule has 1 aliphatic heterocycles. The van der Waals surface area contributed by atoms with Crippen LogP contribution in [0.3, 0.4) is 0 Å². The number of phenols is 1. The molecule has 1 aromatic rings. The summed E-state index contributed by atoms with van der Waals surface area (Å²) in [5.41, 5.74) is 0.287. The number of hydrogen-bond donors (Lipinski definition) is 2. The summed E-state index contributed by atoms with van der Waals surface area (Å²) in [7, 11) is 0. The number of benzene rings is 1. The lowest BCUT2D eigenvalue weighted by Crippen LogP contribution is -2.50. The van der Waals surface area contributed by atoms with Crippen molar-refractivity contribution >= 4 is 23.6 Å². The third-order valence-corrected chi connectivity index (χ3v) is 5.03. The maximum atomic E-state index is 12.3. The molecule has 0 aliphatic carbocycles. The van der Waals surface area contributed by atoms with Crippen molar-refractivity contribution in [2.75, 3.05) is 31.1 Å². The zero-order valence-corrected chi connectivity index (χ0v) is 19.1. The van der Waals surface area contributed by atoms with Gasteiger partial charge in [0.05, 0.1) is 5.56 Å². The molecule has 0 saturated carbocycles. The number of piperazine rings is 1. The van der Waals surface area contributed by atoms with E-state index in [9.17, 15) is 19.5 Å². The van der Waals surface area contributed by atoms with Crippen molar-refractivity contribution in [3.05, 3.63) is 23.8 Å². The van der Waals surface area contributed by atoms with Crippen molar-refractivity contribution in [3.63, 3.8) is 0 Å². The quantitative estimate of drug-likeness (QED) is 0.637. The summed E-state index contributed by atoms with van der Waals surface area (Å²) in [5.74, 6) is -1.11. The summed E-state index contributed by atoms with van der Waals surface area (Å²) in [6, 6.07) is 4.78. The van der Waals surface area contributed by atoms with Crippen molar-refractivity contribution in [2.45, 2.75) is 65.4 Å². The van der Waals surface area contributed by atoms with E-state index in [1.165, 1.54) is 12.1 Å². The summed E-state index contributed by atoms with van der Waals surface area (Å²) in [6.45, 7) is 9.78. The smallest absolute Gasteiger partial charge is 0.410 e. The van der Waals surface area contributed by atoms with Crippen molar-refractivity contribution in [2.24, 2.45) is 0 Å². The molecule has 8 nitrogen and oxygen atoms in total. The van der Waals surface area contributed by atoms with Gasteiger partial charge in [-0.15, -0.1) is 0 Å². The number of hydrogen-bond acceptors (Lipinski definition) is 6. The lowest BCUT2D eigenvalue weighted by Gasteiger charge is -2.36. The van der Waals surface area contributed by atoms with Crippen LogP contribution in [-0.2, 0) is 9.53 Å². The Balaban J connectivity index is 1.89. The molecule has 1 aliphatic rings. The Morgan fingerprint density at radius 2 is 1.74 bits per heavy atom. The van der Waals surface area contributed by atoms with Gasteiger partial charge in [0.15, 0.2) is 0 Å². The molecule has 8 heteroatoms. The van der Waals surface area contributed by atoms with Crippen LogP contribution in [0.5, 0.6) is 5.75 Å². The van der Waals surface area contributed by atoms with Crippen LogP contribution in [0.1, 0.15) is 70.2 Å². The minimum Gasteiger partial charge on any atom is -0.507 e. The van der Waals surface area contributed by atoms with Crippen molar-refractivity contribution in [1.82, 2.24) is 10.2 Å².